The Bertz CT molecular complexity index is 472. The Morgan fingerprint density at radius 1 is 1.33 bits per heavy atom. The predicted molar refractivity (Wildman–Crippen MR) is 63.3 cm³/mol. The summed E-state index contributed by atoms with van der Waals surface area (Å²) in [6, 6.07) is 6.49. The monoisotopic (exact) mass is 291 g/mol. The number of hydrogen-bond donors (Lipinski definition) is 2. The maximum atomic E-state index is 13.2. The van der Waals surface area contributed by atoms with Crippen molar-refractivity contribution in [3.8, 4) is 11.3 Å². The normalized spacial score (nSPS) is 9.73. The van der Waals surface area contributed by atoms with Crippen molar-refractivity contribution in [1.29, 1.82) is 0 Å². The quantitative estimate of drug-likeness (QED) is 0.849. The molecule has 6 heteroatoms. The summed E-state index contributed by atoms with van der Waals surface area (Å²) < 4.78 is 13.6. The van der Waals surface area contributed by atoms with E-state index in [0.29, 0.717) is 16.0 Å². The Hall–Kier alpha value is -1.07. The molecule has 80 valence electrons. The van der Waals surface area contributed by atoms with Gasteiger partial charge in [0.05, 0.1) is 10.2 Å². The van der Waals surface area contributed by atoms with Crippen LogP contribution in [0.1, 0.15) is 0 Å². The van der Waals surface area contributed by atoms with Crippen LogP contribution in [-0.4, -0.2) is 10.2 Å². The van der Waals surface area contributed by atoms with E-state index in [9.17, 15) is 4.39 Å². The van der Waals surface area contributed by atoms with Crippen LogP contribution in [0.2, 0.25) is 0 Å². The van der Waals surface area contributed by atoms with Gasteiger partial charge in [0.15, 0.2) is 0 Å². The molecule has 0 bridgehead atoms. The molecule has 0 aliphatic carbocycles. The molecular formula is C9H8BrClFN3. The largest absolute Gasteiger partial charge is 0.382 e. The minimum absolute atomic E-state index is 0. The number of nitrogens with two attached hydrogens (primary N) is 1. The van der Waals surface area contributed by atoms with Gasteiger partial charge in [0.1, 0.15) is 11.6 Å². The van der Waals surface area contributed by atoms with Crippen LogP contribution in [0.3, 0.4) is 0 Å². The summed E-state index contributed by atoms with van der Waals surface area (Å²) in [5.41, 5.74) is 6.86. The molecule has 0 amide bonds. The summed E-state index contributed by atoms with van der Waals surface area (Å²) >= 11 is 3.08. The smallest absolute Gasteiger partial charge is 0.145 e. The van der Waals surface area contributed by atoms with Crippen molar-refractivity contribution in [1.82, 2.24) is 10.2 Å². The van der Waals surface area contributed by atoms with E-state index in [1.54, 1.807) is 18.2 Å². The van der Waals surface area contributed by atoms with Gasteiger partial charge in [-0.1, -0.05) is 6.07 Å². The van der Waals surface area contributed by atoms with Gasteiger partial charge in [-0.15, -0.1) is 12.4 Å². The number of nitrogens with one attached hydrogen (secondary N) is 1. The molecule has 15 heavy (non-hydrogen) atoms. The summed E-state index contributed by atoms with van der Waals surface area (Å²) in [6.07, 6.45) is 0. The first-order valence-electron chi connectivity index (χ1n) is 3.93. The molecule has 0 saturated heterocycles. The van der Waals surface area contributed by atoms with E-state index in [1.807, 2.05) is 0 Å². The zero-order valence-electron chi connectivity index (χ0n) is 7.50. The third-order valence-electron chi connectivity index (χ3n) is 1.83. The number of anilines is 1. The maximum absolute atomic E-state index is 13.2. The number of aromatic amines is 1. The third kappa shape index (κ3) is 2.49. The molecule has 1 aromatic carbocycles. The van der Waals surface area contributed by atoms with E-state index in [4.69, 9.17) is 5.73 Å². The highest BCUT2D eigenvalue weighted by molar-refractivity contribution is 9.10. The lowest BCUT2D eigenvalue weighted by atomic mass is 10.1. The molecule has 0 fully saturated rings. The summed E-state index contributed by atoms with van der Waals surface area (Å²) in [6.45, 7) is 0. The second-order valence-corrected chi connectivity index (χ2v) is 3.69. The van der Waals surface area contributed by atoms with Crippen LogP contribution in [0.15, 0.2) is 28.7 Å². The number of halogens is 3. The second-order valence-electron chi connectivity index (χ2n) is 2.84. The lowest BCUT2D eigenvalue weighted by molar-refractivity contribution is 0.621. The first-order valence-corrected chi connectivity index (χ1v) is 4.72. The molecule has 0 aliphatic rings. The molecule has 0 aliphatic heterocycles. The van der Waals surface area contributed by atoms with Crippen LogP contribution in [-0.2, 0) is 0 Å². The summed E-state index contributed by atoms with van der Waals surface area (Å²) in [4.78, 5) is 0. The van der Waals surface area contributed by atoms with Gasteiger partial charge in [-0.2, -0.15) is 5.10 Å². The van der Waals surface area contributed by atoms with Gasteiger partial charge in [-0.25, -0.2) is 4.39 Å². The first kappa shape index (κ1) is 12.0. The van der Waals surface area contributed by atoms with Gasteiger partial charge in [-0.3, -0.25) is 5.10 Å². The van der Waals surface area contributed by atoms with Crippen LogP contribution in [0, 0.1) is 5.82 Å². The zero-order valence-corrected chi connectivity index (χ0v) is 9.90. The van der Waals surface area contributed by atoms with Gasteiger partial charge in [-0.05, 0) is 28.1 Å². The molecule has 0 spiro atoms. The summed E-state index contributed by atoms with van der Waals surface area (Å²) in [5, 5.41) is 6.48. The predicted octanol–water partition coefficient (Wildman–Crippen LogP) is 2.98. The average molecular weight is 293 g/mol. The van der Waals surface area contributed by atoms with Crippen molar-refractivity contribution in [2.24, 2.45) is 0 Å². The molecule has 0 radical (unpaired) electrons. The fraction of sp³-hybridized carbons (Fsp3) is 0. The third-order valence-corrected chi connectivity index (χ3v) is 2.47. The van der Waals surface area contributed by atoms with Gasteiger partial charge in [0.2, 0.25) is 0 Å². The first-order chi connectivity index (χ1) is 6.66. The highest BCUT2D eigenvalue weighted by Gasteiger charge is 2.04. The Morgan fingerprint density at radius 3 is 2.60 bits per heavy atom. The molecule has 2 aromatic rings. The SMILES string of the molecule is Cl.Nc1cc(-c2ccc(Br)c(F)c2)[nH]n1. The van der Waals surface area contributed by atoms with Crippen LogP contribution in [0.4, 0.5) is 10.2 Å². The molecule has 2 rings (SSSR count). The van der Waals surface area contributed by atoms with Crippen LogP contribution >= 0.6 is 28.3 Å². The Kier molecular flexibility index (Phi) is 3.71. The van der Waals surface area contributed by atoms with Gasteiger partial charge in [0, 0.05) is 11.6 Å². The molecule has 3 nitrogen and oxygen atoms in total. The van der Waals surface area contributed by atoms with E-state index < -0.39 is 0 Å². The number of aromatic nitrogens is 2. The average Bonchev–Trinajstić information content (AvgIpc) is 2.57. The molecule has 0 saturated carbocycles. The van der Waals surface area contributed by atoms with E-state index in [2.05, 4.69) is 26.1 Å². The molecule has 0 atom stereocenters. The number of benzene rings is 1. The minimum Gasteiger partial charge on any atom is -0.382 e. The van der Waals surface area contributed by atoms with Crippen molar-refractivity contribution < 1.29 is 4.39 Å². The topological polar surface area (TPSA) is 54.7 Å². The molecule has 3 N–H and O–H groups in total. The van der Waals surface area contributed by atoms with Crippen LogP contribution in [0.5, 0.6) is 0 Å². The number of nitrogen functional groups attached to an aromatic ring is 1. The van der Waals surface area contributed by atoms with Crippen molar-refractivity contribution >= 4 is 34.2 Å². The number of nitrogens with zero attached hydrogens (tertiary/aromatic N) is 1. The second kappa shape index (κ2) is 4.63. The van der Waals surface area contributed by atoms with E-state index in [0.717, 1.165) is 5.56 Å². The number of rotatable bonds is 1. The summed E-state index contributed by atoms with van der Waals surface area (Å²) in [5.74, 6) is 0.0824. The van der Waals surface area contributed by atoms with Gasteiger partial charge < -0.3 is 5.73 Å². The van der Waals surface area contributed by atoms with Crippen molar-refractivity contribution in [2.75, 3.05) is 5.73 Å². The van der Waals surface area contributed by atoms with E-state index >= 15 is 0 Å². The minimum atomic E-state index is -0.310. The van der Waals surface area contributed by atoms with E-state index in [1.165, 1.54) is 6.07 Å². The maximum Gasteiger partial charge on any atom is 0.145 e. The Balaban J connectivity index is 0.00000112. The van der Waals surface area contributed by atoms with Crippen molar-refractivity contribution in [3.63, 3.8) is 0 Å². The molecule has 1 aromatic heterocycles. The molecular weight excluding hydrogens is 284 g/mol. The van der Waals surface area contributed by atoms with Crippen molar-refractivity contribution in [2.45, 2.75) is 0 Å². The highest BCUT2D eigenvalue weighted by atomic mass is 79.9. The molecule has 0 unspecified atom stereocenters. The Labute approximate surface area is 100 Å². The van der Waals surface area contributed by atoms with Gasteiger partial charge >= 0.3 is 0 Å². The number of hydrogen-bond acceptors (Lipinski definition) is 2. The molecule has 1 heterocycles. The fourth-order valence-corrected chi connectivity index (χ4v) is 1.40. The number of H-pyrrole nitrogens is 1. The van der Waals surface area contributed by atoms with Crippen LogP contribution < -0.4 is 5.73 Å². The van der Waals surface area contributed by atoms with Crippen LogP contribution in [0.25, 0.3) is 11.3 Å². The van der Waals surface area contributed by atoms with E-state index in [-0.39, 0.29) is 18.2 Å². The fourth-order valence-electron chi connectivity index (χ4n) is 1.15. The Morgan fingerprint density at radius 2 is 2.07 bits per heavy atom. The lowest BCUT2D eigenvalue weighted by Gasteiger charge is -1.98. The summed E-state index contributed by atoms with van der Waals surface area (Å²) in [7, 11) is 0. The van der Waals surface area contributed by atoms with Crippen molar-refractivity contribution in [3.05, 3.63) is 34.6 Å². The lowest BCUT2D eigenvalue weighted by Crippen LogP contribution is -1.81. The standard InChI is InChI=1S/C9H7BrFN3.ClH/c10-6-2-1-5(3-7(6)11)8-4-9(12)14-13-8;/h1-4H,(H3,12,13,14);1H. The van der Waals surface area contributed by atoms with Gasteiger partial charge in [0.25, 0.3) is 0 Å². The zero-order chi connectivity index (χ0) is 10.1. The highest BCUT2D eigenvalue weighted by Crippen LogP contribution is 2.23.